The molecule has 0 spiro atoms. The van der Waals surface area contributed by atoms with Gasteiger partial charge in [0.05, 0.1) is 13.2 Å². The number of hydrogen-bond acceptors (Lipinski definition) is 5. The highest BCUT2D eigenvalue weighted by Gasteiger charge is 2.29. The Morgan fingerprint density at radius 3 is 2.50 bits per heavy atom. The van der Waals surface area contributed by atoms with Crippen LogP contribution >= 0.6 is 0 Å². The van der Waals surface area contributed by atoms with Gasteiger partial charge in [-0.1, -0.05) is 6.42 Å². The summed E-state index contributed by atoms with van der Waals surface area (Å²) >= 11 is 0. The molecule has 0 amide bonds. The fraction of sp³-hybridized carbons (Fsp3) is 1.00. The molecule has 0 bridgehead atoms. The van der Waals surface area contributed by atoms with Crippen molar-refractivity contribution in [1.29, 1.82) is 0 Å². The molecular formula is C11H23NO4. The molecule has 5 heteroatoms. The summed E-state index contributed by atoms with van der Waals surface area (Å²) in [6.45, 7) is 4.38. The van der Waals surface area contributed by atoms with Gasteiger partial charge in [0.2, 0.25) is 5.79 Å². The second-order valence-electron chi connectivity index (χ2n) is 4.20. The summed E-state index contributed by atoms with van der Waals surface area (Å²) in [4.78, 5) is 5.78. The molecule has 0 aliphatic carbocycles. The van der Waals surface area contributed by atoms with Gasteiger partial charge >= 0.3 is 0 Å². The lowest BCUT2D eigenvalue weighted by atomic mass is 10.2. The molecule has 0 saturated carbocycles. The number of hydroxylamine groups is 2. The third-order valence-corrected chi connectivity index (χ3v) is 2.67. The van der Waals surface area contributed by atoms with Crippen molar-refractivity contribution in [2.45, 2.75) is 32.0 Å². The monoisotopic (exact) mass is 233 g/mol. The molecule has 5 nitrogen and oxygen atoms in total. The Hall–Kier alpha value is -0.200. The molecule has 16 heavy (non-hydrogen) atoms. The molecule has 1 saturated heterocycles. The molecule has 0 aromatic rings. The zero-order valence-corrected chi connectivity index (χ0v) is 10.3. The van der Waals surface area contributed by atoms with E-state index < -0.39 is 5.79 Å². The van der Waals surface area contributed by atoms with Gasteiger partial charge in [0, 0.05) is 20.2 Å². The number of rotatable bonds is 7. The van der Waals surface area contributed by atoms with Crippen molar-refractivity contribution < 1.29 is 19.4 Å². The lowest BCUT2D eigenvalue weighted by Crippen LogP contribution is -2.45. The molecule has 0 radical (unpaired) electrons. The molecule has 0 aromatic carbocycles. The van der Waals surface area contributed by atoms with Crippen molar-refractivity contribution in [2.24, 2.45) is 0 Å². The first-order chi connectivity index (χ1) is 7.70. The lowest BCUT2D eigenvalue weighted by molar-refractivity contribution is -0.347. The van der Waals surface area contributed by atoms with Gasteiger partial charge in [0.1, 0.15) is 6.61 Å². The van der Waals surface area contributed by atoms with E-state index in [4.69, 9.17) is 19.4 Å². The van der Waals surface area contributed by atoms with E-state index in [1.807, 2.05) is 12.0 Å². The fourth-order valence-corrected chi connectivity index (χ4v) is 1.67. The third-order valence-electron chi connectivity index (χ3n) is 2.67. The summed E-state index contributed by atoms with van der Waals surface area (Å²) in [5, 5.41) is 10.6. The first kappa shape index (κ1) is 13.9. The van der Waals surface area contributed by atoms with E-state index in [0.717, 1.165) is 25.9 Å². The number of aliphatic hydroxyl groups is 1. The first-order valence-corrected chi connectivity index (χ1v) is 5.88. The third kappa shape index (κ3) is 4.76. The molecule has 1 rings (SSSR count). The smallest absolute Gasteiger partial charge is 0.208 e. The average molecular weight is 233 g/mol. The Morgan fingerprint density at radius 1 is 1.25 bits per heavy atom. The Balaban J connectivity index is 2.32. The number of ether oxygens (including phenoxy) is 2. The molecule has 0 aromatic heterocycles. The number of piperidine rings is 1. The van der Waals surface area contributed by atoms with Crippen LogP contribution in [0.2, 0.25) is 0 Å². The van der Waals surface area contributed by atoms with Crippen LogP contribution in [0.25, 0.3) is 0 Å². The predicted octanol–water partition coefficient (Wildman–Crippen LogP) is 0.775. The van der Waals surface area contributed by atoms with Crippen LogP contribution in [-0.4, -0.2) is 56.0 Å². The lowest BCUT2D eigenvalue weighted by Gasteiger charge is -2.35. The van der Waals surface area contributed by atoms with Crippen LogP contribution in [-0.2, 0) is 14.3 Å². The van der Waals surface area contributed by atoms with Crippen LogP contribution in [0.15, 0.2) is 0 Å². The summed E-state index contributed by atoms with van der Waals surface area (Å²) in [6.07, 6.45) is 3.60. The van der Waals surface area contributed by atoms with Gasteiger partial charge in [-0.05, 0) is 19.8 Å². The van der Waals surface area contributed by atoms with Gasteiger partial charge in [0.15, 0.2) is 0 Å². The number of nitrogens with zero attached hydrogens (tertiary/aromatic N) is 1. The summed E-state index contributed by atoms with van der Waals surface area (Å²) < 4.78 is 10.6. The first-order valence-electron chi connectivity index (χ1n) is 5.88. The minimum absolute atomic E-state index is 0.0174. The van der Waals surface area contributed by atoms with Crippen molar-refractivity contribution in [3.63, 3.8) is 0 Å². The molecule has 1 aliphatic rings. The SMILES string of the molecule is COC(C)(COCCO)ON1CCCCC1. The van der Waals surface area contributed by atoms with E-state index in [1.165, 1.54) is 6.42 Å². The van der Waals surface area contributed by atoms with Crippen LogP contribution < -0.4 is 0 Å². The Kier molecular flexibility index (Phi) is 6.23. The predicted molar refractivity (Wildman–Crippen MR) is 59.8 cm³/mol. The molecule has 1 heterocycles. The molecule has 1 atom stereocenters. The second-order valence-corrected chi connectivity index (χ2v) is 4.20. The highest BCUT2D eigenvalue weighted by atomic mass is 16.8. The summed E-state index contributed by atoms with van der Waals surface area (Å²) in [5.41, 5.74) is 0. The van der Waals surface area contributed by atoms with Crippen molar-refractivity contribution >= 4 is 0 Å². The van der Waals surface area contributed by atoms with E-state index in [0.29, 0.717) is 13.2 Å². The van der Waals surface area contributed by atoms with Crippen LogP contribution in [0.4, 0.5) is 0 Å². The van der Waals surface area contributed by atoms with Gasteiger partial charge in [-0.25, -0.2) is 0 Å². The molecular weight excluding hydrogens is 210 g/mol. The van der Waals surface area contributed by atoms with E-state index in [-0.39, 0.29) is 6.61 Å². The topological polar surface area (TPSA) is 51.2 Å². The normalized spacial score (nSPS) is 21.9. The van der Waals surface area contributed by atoms with Crippen molar-refractivity contribution in [2.75, 3.05) is 40.0 Å². The van der Waals surface area contributed by atoms with Crippen molar-refractivity contribution in [3.8, 4) is 0 Å². The largest absolute Gasteiger partial charge is 0.394 e. The van der Waals surface area contributed by atoms with Crippen LogP contribution in [0.1, 0.15) is 26.2 Å². The molecule has 1 aliphatic heterocycles. The van der Waals surface area contributed by atoms with Crippen LogP contribution in [0.3, 0.4) is 0 Å². The van der Waals surface area contributed by atoms with Crippen molar-refractivity contribution in [1.82, 2.24) is 5.06 Å². The Bertz CT molecular complexity index is 185. The average Bonchev–Trinajstić information content (AvgIpc) is 2.31. The Labute approximate surface area is 97.2 Å². The molecule has 1 N–H and O–H groups in total. The van der Waals surface area contributed by atoms with Gasteiger partial charge in [-0.15, -0.1) is 0 Å². The second kappa shape index (κ2) is 7.19. The highest BCUT2D eigenvalue weighted by Crippen LogP contribution is 2.18. The standard InChI is InChI=1S/C11H23NO4/c1-11(14-2,10-15-9-8-13)16-12-6-4-3-5-7-12/h13H,3-10H2,1-2H3. The quantitative estimate of drug-likeness (QED) is 0.520. The van der Waals surface area contributed by atoms with Gasteiger partial charge in [-0.3, -0.25) is 4.84 Å². The molecule has 1 fully saturated rings. The maximum absolute atomic E-state index is 8.64. The van der Waals surface area contributed by atoms with Gasteiger partial charge in [0.25, 0.3) is 0 Å². The van der Waals surface area contributed by atoms with E-state index >= 15 is 0 Å². The minimum Gasteiger partial charge on any atom is -0.394 e. The highest BCUT2D eigenvalue weighted by molar-refractivity contribution is 4.63. The summed E-state index contributed by atoms with van der Waals surface area (Å²) in [6, 6.07) is 0. The van der Waals surface area contributed by atoms with Crippen LogP contribution in [0.5, 0.6) is 0 Å². The van der Waals surface area contributed by atoms with Crippen LogP contribution in [0, 0.1) is 0 Å². The number of methoxy groups -OCH3 is 1. The van der Waals surface area contributed by atoms with Gasteiger partial charge < -0.3 is 14.6 Å². The van der Waals surface area contributed by atoms with E-state index in [9.17, 15) is 0 Å². The Morgan fingerprint density at radius 2 is 1.94 bits per heavy atom. The summed E-state index contributed by atoms with van der Waals surface area (Å²) in [5.74, 6) is -0.757. The molecule has 1 unspecified atom stereocenters. The van der Waals surface area contributed by atoms with Gasteiger partial charge in [-0.2, -0.15) is 5.06 Å². The zero-order valence-electron chi connectivity index (χ0n) is 10.3. The van der Waals surface area contributed by atoms with E-state index in [1.54, 1.807) is 7.11 Å². The van der Waals surface area contributed by atoms with E-state index in [2.05, 4.69) is 0 Å². The minimum atomic E-state index is -0.757. The van der Waals surface area contributed by atoms with Crippen molar-refractivity contribution in [3.05, 3.63) is 0 Å². The molecule has 96 valence electrons. The maximum atomic E-state index is 8.64. The summed E-state index contributed by atoms with van der Waals surface area (Å²) in [7, 11) is 1.60. The fourth-order valence-electron chi connectivity index (χ4n) is 1.67. The zero-order chi connectivity index (χ0) is 11.9. The number of aliphatic hydroxyl groups excluding tert-OH is 1. The number of hydrogen-bond donors (Lipinski definition) is 1. The maximum Gasteiger partial charge on any atom is 0.208 e.